The van der Waals surface area contributed by atoms with Crippen LogP contribution in [0.15, 0.2) is 42.5 Å². The van der Waals surface area contributed by atoms with E-state index < -0.39 is 17.6 Å². The van der Waals surface area contributed by atoms with Crippen LogP contribution in [0.3, 0.4) is 0 Å². The Balaban J connectivity index is 2.67. The van der Waals surface area contributed by atoms with Crippen molar-refractivity contribution >= 4 is 11.6 Å². The first kappa shape index (κ1) is 16.0. The molecule has 0 spiro atoms. The molecule has 0 radical (unpaired) electrons. The van der Waals surface area contributed by atoms with E-state index in [0.29, 0.717) is 5.56 Å². The second kappa shape index (κ2) is 6.19. The van der Waals surface area contributed by atoms with Crippen molar-refractivity contribution in [1.29, 1.82) is 0 Å². The van der Waals surface area contributed by atoms with E-state index in [4.69, 9.17) is 5.73 Å². The molecule has 116 valence electrons. The number of alkyl halides is 3. The molecular weight excluding hydrogens is 293 g/mol. The normalized spacial score (nSPS) is 11.3. The van der Waals surface area contributed by atoms with Crippen LogP contribution >= 0.6 is 0 Å². The van der Waals surface area contributed by atoms with E-state index in [1.807, 2.05) is 0 Å². The van der Waals surface area contributed by atoms with Gasteiger partial charge in [-0.2, -0.15) is 13.2 Å². The summed E-state index contributed by atoms with van der Waals surface area (Å²) in [6, 6.07) is 10.9. The molecule has 0 aliphatic carbocycles. The molecule has 0 aromatic heterocycles. The summed E-state index contributed by atoms with van der Waals surface area (Å²) in [4.78, 5) is 11.4. The number of hydrogen-bond acceptors (Lipinski definition) is 2. The van der Waals surface area contributed by atoms with Crippen LogP contribution in [-0.2, 0) is 11.0 Å². The molecule has 2 aromatic carbocycles. The zero-order valence-electron chi connectivity index (χ0n) is 11.9. The summed E-state index contributed by atoms with van der Waals surface area (Å²) in [6.07, 6.45) is -4.60. The molecule has 0 bridgehead atoms. The second-order valence-electron chi connectivity index (χ2n) is 4.79. The van der Waals surface area contributed by atoms with Crippen LogP contribution in [-0.4, -0.2) is 12.5 Å². The van der Waals surface area contributed by atoms with Crippen LogP contribution in [0.25, 0.3) is 11.1 Å². The number of amides is 1. The third kappa shape index (κ3) is 3.28. The van der Waals surface area contributed by atoms with Gasteiger partial charge in [-0.3, -0.25) is 4.79 Å². The minimum absolute atomic E-state index is 0.0282. The number of halogens is 3. The number of aryl methyl sites for hydroxylation is 1. The third-order valence-electron chi connectivity index (χ3n) is 3.24. The van der Waals surface area contributed by atoms with E-state index in [0.717, 1.165) is 5.56 Å². The van der Waals surface area contributed by atoms with Crippen molar-refractivity contribution in [2.45, 2.75) is 13.1 Å². The first-order chi connectivity index (χ1) is 10.3. The van der Waals surface area contributed by atoms with Gasteiger partial charge in [-0.15, -0.1) is 0 Å². The Kier molecular flexibility index (Phi) is 4.51. The minimum atomic E-state index is -4.60. The second-order valence-corrected chi connectivity index (χ2v) is 4.79. The SMILES string of the molecule is Cc1ccccc1-c1cccc(NC(=O)CN)c1C(F)(F)F. The van der Waals surface area contributed by atoms with Gasteiger partial charge in [-0.05, 0) is 29.7 Å². The van der Waals surface area contributed by atoms with Gasteiger partial charge in [0, 0.05) is 0 Å². The number of carbonyl (C=O) groups excluding carboxylic acids is 1. The van der Waals surface area contributed by atoms with Gasteiger partial charge < -0.3 is 11.1 Å². The summed E-state index contributed by atoms with van der Waals surface area (Å²) >= 11 is 0. The maximum absolute atomic E-state index is 13.5. The predicted octanol–water partition coefficient (Wildman–Crippen LogP) is 3.58. The summed E-state index contributed by atoms with van der Waals surface area (Å²) in [5.41, 5.74) is 5.22. The van der Waals surface area contributed by atoms with Gasteiger partial charge in [-0.25, -0.2) is 0 Å². The van der Waals surface area contributed by atoms with Crippen molar-refractivity contribution in [3.05, 3.63) is 53.6 Å². The van der Waals surface area contributed by atoms with E-state index in [-0.39, 0.29) is 17.8 Å². The van der Waals surface area contributed by atoms with Crippen molar-refractivity contribution < 1.29 is 18.0 Å². The Morgan fingerprint density at radius 2 is 1.73 bits per heavy atom. The zero-order valence-corrected chi connectivity index (χ0v) is 11.9. The molecule has 0 aliphatic heterocycles. The van der Waals surface area contributed by atoms with Gasteiger partial charge in [0.2, 0.25) is 5.91 Å². The van der Waals surface area contributed by atoms with Crippen LogP contribution in [0.4, 0.5) is 18.9 Å². The average molecular weight is 308 g/mol. The lowest BCUT2D eigenvalue weighted by Crippen LogP contribution is -2.24. The van der Waals surface area contributed by atoms with Crippen molar-refractivity contribution in [2.75, 3.05) is 11.9 Å². The molecule has 3 nitrogen and oxygen atoms in total. The average Bonchev–Trinajstić information content (AvgIpc) is 2.46. The highest BCUT2D eigenvalue weighted by Crippen LogP contribution is 2.42. The largest absolute Gasteiger partial charge is 0.419 e. The molecule has 2 rings (SSSR count). The van der Waals surface area contributed by atoms with Crippen LogP contribution in [0.2, 0.25) is 0 Å². The van der Waals surface area contributed by atoms with E-state index in [9.17, 15) is 18.0 Å². The molecule has 0 heterocycles. The lowest BCUT2D eigenvalue weighted by Gasteiger charge is -2.19. The molecule has 3 N–H and O–H groups in total. The van der Waals surface area contributed by atoms with Crippen LogP contribution in [0, 0.1) is 6.92 Å². The number of benzene rings is 2. The molecule has 22 heavy (non-hydrogen) atoms. The van der Waals surface area contributed by atoms with Crippen LogP contribution in [0.1, 0.15) is 11.1 Å². The highest BCUT2D eigenvalue weighted by Gasteiger charge is 2.37. The Hall–Kier alpha value is -2.34. The number of nitrogens with one attached hydrogen (secondary N) is 1. The Labute approximate surface area is 125 Å². The molecule has 0 unspecified atom stereocenters. The quantitative estimate of drug-likeness (QED) is 0.910. The number of anilines is 1. The van der Waals surface area contributed by atoms with Gasteiger partial charge >= 0.3 is 6.18 Å². The van der Waals surface area contributed by atoms with E-state index in [1.165, 1.54) is 18.2 Å². The lowest BCUT2D eigenvalue weighted by atomic mass is 9.94. The number of hydrogen-bond donors (Lipinski definition) is 2. The molecule has 0 saturated heterocycles. The Bertz CT molecular complexity index is 696. The Morgan fingerprint density at radius 3 is 2.32 bits per heavy atom. The van der Waals surface area contributed by atoms with Gasteiger partial charge in [-0.1, -0.05) is 36.4 Å². The molecule has 6 heteroatoms. The standard InChI is InChI=1S/C16H15F3N2O/c1-10-5-2-3-6-11(10)12-7-4-8-13(21-14(22)9-20)15(12)16(17,18)19/h2-8H,9,20H2,1H3,(H,21,22). The predicted molar refractivity (Wildman–Crippen MR) is 79.3 cm³/mol. The first-order valence-corrected chi connectivity index (χ1v) is 6.60. The van der Waals surface area contributed by atoms with E-state index in [1.54, 1.807) is 31.2 Å². The van der Waals surface area contributed by atoms with Gasteiger partial charge in [0.15, 0.2) is 0 Å². The zero-order chi connectivity index (χ0) is 16.3. The highest BCUT2D eigenvalue weighted by molar-refractivity contribution is 5.94. The fourth-order valence-corrected chi connectivity index (χ4v) is 2.26. The van der Waals surface area contributed by atoms with Crippen molar-refractivity contribution in [3.63, 3.8) is 0 Å². The fourth-order valence-electron chi connectivity index (χ4n) is 2.26. The lowest BCUT2D eigenvalue weighted by molar-refractivity contribution is -0.136. The highest BCUT2D eigenvalue weighted by atomic mass is 19.4. The van der Waals surface area contributed by atoms with Gasteiger partial charge in [0.05, 0.1) is 17.8 Å². The first-order valence-electron chi connectivity index (χ1n) is 6.60. The molecular formula is C16H15F3N2O. The number of carbonyl (C=O) groups is 1. The van der Waals surface area contributed by atoms with Crippen molar-refractivity contribution in [2.24, 2.45) is 5.73 Å². The molecule has 0 saturated carbocycles. The molecule has 0 fully saturated rings. The number of nitrogens with two attached hydrogens (primary N) is 1. The molecule has 0 atom stereocenters. The summed E-state index contributed by atoms with van der Waals surface area (Å²) in [6.45, 7) is 1.35. The van der Waals surface area contributed by atoms with Gasteiger partial charge in [0.1, 0.15) is 0 Å². The van der Waals surface area contributed by atoms with Crippen LogP contribution < -0.4 is 11.1 Å². The summed E-state index contributed by atoms with van der Waals surface area (Å²) < 4.78 is 40.5. The number of rotatable bonds is 3. The molecule has 1 amide bonds. The smallest absolute Gasteiger partial charge is 0.324 e. The van der Waals surface area contributed by atoms with Crippen molar-refractivity contribution in [1.82, 2.24) is 0 Å². The molecule has 2 aromatic rings. The van der Waals surface area contributed by atoms with Crippen LogP contribution in [0.5, 0.6) is 0 Å². The van der Waals surface area contributed by atoms with Crippen molar-refractivity contribution in [3.8, 4) is 11.1 Å². The summed E-state index contributed by atoms with van der Waals surface area (Å²) in [5, 5.41) is 2.21. The maximum Gasteiger partial charge on any atom is 0.419 e. The van der Waals surface area contributed by atoms with Gasteiger partial charge in [0.25, 0.3) is 0 Å². The minimum Gasteiger partial charge on any atom is -0.324 e. The topological polar surface area (TPSA) is 55.1 Å². The Morgan fingerprint density at radius 1 is 1.09 bits per heavy atom. The van der Waals surface area contributed by atoms with E-state index in [2.05, 4.69) is 5.32 Å². The fraction of sp³-hybridized carbons (Fsp3) is 0.188. The summed E-state index contributed by atoms with van der Waals surface area (Å²) in [5.74, 6) is -0.674. The molecule has 0 aliphatic rings. The monoisotopic (exact) mass is 308 g/mol. The summed E-state index contributed by atoms with van der Waals surface area (Å²) in [7, 11) is 0. The maximum atomic E-state index is 13.5. The third-order valence-corrected chi connectivity index (χ3v) is 3.24. The van der Waals surface area contributed by atoms with E-state index >= 15 is 0 Å².